The number of carbonyl (C=O) groups is 1. The van der Waals surface area contributed by atoms with E-state index in [1.165, 1.54) is 0 Å². The van der Waals surface area contributed by atoms with Crippen LogP contribution in [0.15, 0.2) is 36.8 Å². The number of nitrogens with zero attached hydrogens (tertiary/aromatic N) is 6. The molecule has 1 amide bonds. The molecule has 5 rings (SSSR count). The quantitative estimate of drug-likeness (QED) is 0.525. The lowest BCUT2D eigenvalue weighted by Gasteiger charge is -2.44. The third kappa shape index (κ3) is 5.15. The number of halogens is 2. The fraction of sp³-hybridized carbons (Fsp3) is 0.464. The number of hydrogen-bond acceptors (Lipinski definition) is 7. The number of aromatic nitrogens is 4. The molecule has 2 aliphatic rings. The second-order valence-corrected chi connectivity index (χ2v) is 10.7. The Balaban J connectivity index is 1.35. The van der Waals surface area contributed by atoms with E-state index in [2.05, 4.69) is 24.8 Å². The second-order valence-electron chi connectivity index (χ2n) is 10.7. The van der Waals surface area contributed by atoms with E-state index in [1.807, 2.05) is 25.7 Å². The maximum absolute atomic E-state index is 14.2. The largest absolute Gasteiger partial charge is 0.382 e. The minimum Gasteiger partial charge on any atom is -0.382 e. The van der Waals surface area contributed by atoms with Crippen LogP contribution < -0.4 is 0 Å². The lowest BCUT2D eigenvalue weighted by molar-refractivity contribution is 0.0239. The molecular weight excluding hydrogens is 490 g/mol. The lowest BCUT2D eigenvalue weighted by Crippen LogP contribution is -2.57. The van der Waals surface area contributed by atoms with Crippen LogP contribution in [0.3, 0.4) is 0 Å². The van der Waals surface area contributed by atoms with Crippen molar-refractivity contribution >= 4 is 5.91 Å². The molecule has 4 heterocycles. The van der Waals surface area contributed by atoms with E-state index in [4.69, 9.17) is 0 Å². The predicted molar refractivity (Wildman–Crippen MR) is 137 cm³/mol. The highest BCUT2D eigenvalue weighted by molar-refractivity contribution is 5.96. The molecule has 3 aromatic rings. The minimum absolute atomic E-state index is 0.0582. The fourth-order valence-corrected chi connectivity index (χ4v) is 5.08. The number of hydrogen-bond donors (Lipinski definition) is 1. The fourth-order valence-electron chi connectivity index (χ4n) is 5.08. The molecule has 10 heteroatoms. The zero-order chi connectivity index (χ0) is 27.2. The molecule has 3 aromatic heterocycles. The molecule has 0 unspecified atom stereocenters. The van der Waals surface area contributed by atoms with Crippen molar-refractivity contribution in [2.45, 2.75) is 64.8 Å². The SMILES string of the molecule is Cc1cnc(-c2ccnc([C@](C)(O)C3CC3)n2)cc1C(=O)N1C[C@H](C)N(Cc2ncc(F)cc2F)C[C@H]1C. The summed E-state index contributed by atoms with van der Waals surface area (Å²) in [5.41, 5.74) is 1.44. The highest BCUT2D eigenvalue weighted by Gasteiger charge is 2.43. The number of rotatable bonds is 6. The number of carbonyl (C=O) groups excluding carboxylic acids is 1. The Hall–Kier alpha value is -3.37. The molecule has 0 bridgehead atoms. The summed E-state index contributed by atoms with van der Waals surface area (Å²) >= 11 is 0. The molecule has 3 atom stereocenters. The van der Waals surface area contributed by atoms with Gasteiger partial charge in [0, 0.05) is 55.7 Å². The Labute approximate surface area is 220 Å². The number of aliphatic hydroxyl groups is 1. The van der Waals surface area contributed by atoms with Crippen LogP contribution in [0.2, 0.25) is 0 Å². The van der Waals surface area contributed by atoms with Crippen molar-refractivity contribution in [2.24, 2.45) is 5.92 Å². The first-order chi connectivity index (χ1) is 18.0. The third-order valence-corrected chi connectivity index (χ3v) is 7.69. The zero-order valence-electron chi connectivity index (χ0n) is 22.0. The molecule has 1 aliphatic carbocycles. The molecule has 1 aliphatic heterocycles. The predicted octanol–water partition coefficient (Wildman–Crippen LogP) is 3.87. The third-order valence-electron chi connectivity index (χ3n) is 7.69. The summed E-state index contributed by atoms with van der Waals surface area (Å²) in [5, 5.41) is 10.9. The molecule has 200 valence electrons. The van der Waals surface area contributed by atoms with E-state index in [1.54, 1.807) is 31.5 Å². The molecule has 0 aromatic carbocycles. The molecule has 0 radical (unpaired) electrons. The standard InChI is InChI=1S/C28H32F2N6O2/c1-16-11-32-24(23-7-8-31-27(34-23)28(4,38)19-5-6-19)10-21(16)26(37)36-14-17(2)35(13-18(36)3)15-25-22(30)9-20(29)12-33-25/h7-12,17-19,38H,5-6,13-15H2,1-4H3/t17-,18+,28+/m0/s1. The number of pyridine rings is 2. The highest BCUT2D eigenvalue weighted by Crippen LogP contribution is 2.44. The summed E-state index contributed by atoms with van der Waals surface area (Å²) in [5.74, 6) is -0.983. The Morgan fingerprint density at radius 3 is 2.55 bits per heavy atom. The van der Waals surface area contributed by atoms with Gasteiger partial charge < -0.3 is 10.0 Å². The topological polar surface area (TPSA) is 95.3 Å². The Kier molecular flexibility index (Phi) is 6.96. The van der Waals surface area contributed by atoms with E-state index >= 15 is 0 Å². The second kappa shape index (κ2) is 10.1. The van der Waals surface area contributed by atoms with Crippen LogP contribution in [-0.2, 0) is 12.1 Å². The van der Waals surface area contributed by atoms with Crippen LogP contribution in [0.4, 0.5) is 8.78 Å². The average Bonchev–Trinajstić information content (AvgIpc) is 3.74. The van der Waals surface area contributed by atoms with Crippen molar-refractivity contribution in [3.05, 3.63) is 71.1 Å². The van der Waals surface area contributed by atoms with Gasteiger partial charge in [0.1, 0.15) is 17.2 Å². The highest BCUT2D eigenvalue weighted by atomic mass is 19.1. The van der Waals surface area contributed by atoms with Crippen LogP contribution in [0.1, 0.15) is 61.1 Å². The van der Waals surface area contributed by atoms with Gasteiger partial charge in [-0.05, 0) is 64.2 Å². The molecule has 1 saturated carbocycles. The summed E-state index contributed by atoms with van der Waals surface area (Å²) in [6, 6.07) is 4.12. The first-order valence-corrected chi connectivity index (χ1v) is 12.9. The lowest BCUT2D eigenvalue weighted by atomic mass is 9.99. The van der Waals surface area contributed by atoms with Gasteiger partial charge in [0.15, 0.2) is 5.82 Å². The molecule has 1 N–H and O–H groups in total. The normalized spacial score (nSPS) is 21.8. The van der Waals surface area contributed by atoms with Crippen LogP contribution in [0.5, 0.6) is 0 Å². The summed E-state index contributed by atoms with van der Waals surface area (Å²) in [6.07, 6.45) is 6.18. The number of amides is 1. The first kappa shape index (κ1) is 26.2. The van der Waals surface area contributed by atoms with Gasteiger partial charge in [-0.1, -0.05) is 0 Å². The molecule has 0 spiro atoms. The van der Waals surface area contributed by atoms with Crippen LogP contribution in [0, 0.1) is 24.5 Å². The molecular formula is C28H32F2N6O2. The summed E-state index contributed by atoms with van der Waals surface area (Å²) in [6.45, 7) is 8.73. The van der Waals surface area contributed by atoms with Gasteiger partial charge in [0.05, 0.1) is 23.3 Å². The Morgan fingerprint density at radius 1 is 1.08 bits per heavy atom. The van der Waals surface area contributed by atoms with Crippen molar-refractivity contribution in [1.29, 1.82) is 0 Å². The monoisotopic (exact) mass is 522 g/mol. The Morgan fingerprint density at radius 2 is 1.84 bits per heavy atom. The number of aryl methyl sites for hydroxylation is 1. The van der Waals surface area contributed by atoms with E-state index in [0.717, 1.165) is 30.7 Å². The van der Waals surface area contributed by atoms with Crippen LogP contribution in [-0.4, -0.2) is 65.9 Å². The van der Waals surface area contributed by atoms with Gasteiger partial charge >= 0.3 is 0 Å². The Bertz CT molecular complexity index is 1360. The van der Waals surface area contributed by atoms with Crippen molar-refractivity contribution in [3.8, 4) is 11.4 Å². The van der Waals surface area contributed by atoms with E-state index < -0.39 is 17.2 Å². The van der Waals surface area contributed by atoms with Crippen molar-refractivity contribution in [2.75, 3.05) is 13.1 Å². The smallest absolute Gasteiger partial charge is 0.254 e. The van der Waals surface area contributed by atoms with Gasteiger partial charge in [-0.3, -0.25) is 19.7 Å². The maximum atomic E-state index is 14.2. The summed E-state index contributed by atoms with van der Waals surface area (Å²) in [7, 11) is 0. The minimum atomic E-state index is -1.10. The van der Waals surface area contributed by atoms with E-state index in [9.17, 15) is 18.7 Å². The zero-order valence-corrected chi connectivity index (χ0v) is 22.0. The van der Waals surface area contributed by atoms with Gasteiger partial charge in [0.2, 0.25) is 0 Å². The summed E-state index contributed by atoms with van der Waals surface area (Å²) < 4.78 is 27.4. The van der Waals surface area contributed by atoms with Crippen LogP contribution >= 0.6 is 0 Å². The molecule has 8 nitrogen and oxygen atoms in total. The van der Waals surface area contributed by atoms with E-state index in [0.29, 0.717) is 35.9 Å². The van der Waals surface area contributed by atoms with Crippen molar-refractivity contribution in [1.82, 2.24) is 29.7 Å². The van der Waals surface area contributed by atoms with Gasteiger partial charge in [-0.25, -0.2) is 18.7 Å². The van der Waals surface area contributed by atoms with E-state index in [-0.39, 0.29) is 36.1 Å². The van der Waals surface area contributed by atoms with Crippen LogP contribution in [0.25, 0.3) is 11.4 Å². The average molecular weight is 523 g/mol. The maximum Gasteiger partial charge on any atom is 0.254 e. The first-order valence-electron chi connectivity index (χ1n) is 12.9. The van der Waals surface area contributed by atoms with Gasteiger partial charge in [-0.2, -0.15) is 0 Å². The summed E-state index contributed by atoms with van der Waals surface area (Å²) in [4.78, 5) is 34.9. The number of piperazine rings is 1. The van der Waals surface area contributed by atoms with Crippen molar-refractivity contribution in [3.63, 3.8) is 0 Å². The van der Waals surface area contributed by atoms with Gasteiger partial charge in [0.25, 0.3) is 5.91 Å². The van der Waals surface area contributed by atoms with Crippen molar-refractivity contribution < 1.29 is 18.7 Å². The molecule has 1 saturated heterocycles. The van der Waals surface area contributed by atoms with Gasteiger partial charge in [-0.15, -0.1) is 0 Å². The molecule has 2 fully saturated rings. The molecule has 38 heavy (non-hydrogen) atoms.